The van der Waals surface area contributed by atoms with Crippen molar-refractivity contribution in [3.63, 3.8) is 0 Å². The molecule has 0 radical (unpaired) electrons. The maximum absolute atomic E-state index is 11.5. The van der Waals surface area contributed by atoms with E-state index in [1.54, 1.807) is 0 Å². The lowest BCUT2D eigenvalue weighted by Gasteiger charge is -2.32. The maximum Gasteiger partial charge on any atom is 0.225 e. The molecule has 1 saturated heterocycles. The minimum Gasteiger partial charge on any atom is -0.388 e. The van der Waals surface area contributed by atoms with Crippen LogP contribution < -0.4 is 10.2 Å². The Balaban J connectivity index is 1.06. The Morgan fingerprint density at radius 2 is 1.62 bits per heavy atom. The van der Waals surface area contributed by atoms with Crippen LogP contribution in [0.25, 0.3) is 11.1 Å². The number of anilines is 1. The summed E-state index contributed by atoms with van der Waals surface area (Å²) in [6, 6.07) is 17.5. The van der Waals surface area contributed by atoms with Crippen LogP contribution in [0, 0.1) is 5.92 Å². The van der Waals surface area contributed by atoms with Crippen molar-refractivity contribution in [2.24, 2.45) is 5.92 Å². The number of Topliss-reactive ketones (excluding diaryl/α,β-unsaturated/α-hetero) is 1. The summed E-state index contributed by atoms with van der Waals surface area (Å²) in [5.74, 6) is 1.56. The number of carbonyl (C=O) groups excluding carboxylic acids is 1. The number of carbonyl (C=O) groups is 1. The van der Waals surface area contributed by atoms with E-state index >= 15 is 0 Å². The normalized spacial score (nSPS) is 20.4. The highest BCUT2D eigenvalue weighted by Crippen LogP contribution is 2.41. The van der Waals surface area contributed by atoms with Gasteiger partial charge in [0, 0.05) is 42.5 Å². The fourth-order valence-corrected chi connectivity index (χ4v) is 4.86. The molecule has 1 aliphatic carbocycles. The zero-order valence-corrected chi connectivity index (χ0v) is 19.8. The van der Waals surface area contributed by atoms with E-state index in [-0.39, 0.29) is 5.78 Å². The predicted molar refractivity (Wildman–Crippen MR) is 134 cm³/mol. The third kappa shape index (κ3) is 5.30. The molecule has 2 unspecified atom stereocenters. The zero-order chi connectivity index (χ0) is 23.5. The first-order valence-electron chi connectivity index (χ1n) is 11.9. The Labute approximate surface area is 205 Å². The van der Waals surface area contributed by atoms with Crippen molar-refractivity contribution in [2.45, 2.75) is 31.2 Å². The number of piperidine rings is 1. The van der Waals surface area contributed by atoms with Gasteiger partial charge in [-0.25, -0.2) is 9.97 Å². The minimum atomic E-state index is -0.516. The fourth-order valence-electron chi connectivity index (χ4n) is 4.73. The van der Waals surface area contributed by atoms with Crippen LogP contribution in [0.2, 0.25) is 5.02 Å². The number of aliphatic hydroxyl groups excluding tert-OH is 1. The molecule has 176 valence electrons. The summed E-state index contributed by atoms with van der Waals surface area (Å²) < 4.78 is 0. The van der Waals surface area contributed by atoms with Crippen molar-refractivity contribution in [3.05, 3.63) is 77.1 Å². The van der Waals surface area contributed by atoms with Crippen LogP contribution in [0.5, 0.6) is 0 Å². The van der Waals surface area contributed by atoms with E-state index in [9.17, 15) is 4.79 Å². The van der Waals surface area contributed by atoms with Gasteiger partial charge in [0.2, 0.25) is 5.95 Å². The largest absolute Gasteiger partial charge is 0.388 e. The number of benzene rings is 2. The van der Waals surface area contributed by atoms with Crippen molar-refractivity contribution in [2.75, 3.05) is 31.1 Å². The average Bonchev–Trinajstić information content (AvgIpc) is 3.68. The number of aromatic nitrogens is 2. The molecule has 2 aliphatic rings. The highest BCUT2D eigenvalue weighted by atomic mass is 35.5. The Hall–Kier alpha value is -2.80. The number of hydrogen-bond acceptors (Lipinski definition) is 6. The molecule has 2 fully saturated rings. The number of nitrogens with zero attached hydrogens (tertiary/aromatic N) is 3. The molecule has 2 heterocycles. The van der Waals surface area contributed by atoms with Crippen LogP contribution in [0.3, 0.4) is 0 Å². The van der Waals surface area contributed by atoms with Gasteiger partial charge in [-0.15, -0.1) is 0 Å². The van der Waals surface area contributed by atoms with Crippen molar-refractivity contribution in [1.29, 1.82) is 0 Å². The van der Waals surface area contributed by atoms with Gasteiger partial charge < -0.3 is 15.3 Å². The number of nitrogens with one attached hydrogen (secondary N) is 1. The first-order chi connectivity index (χ1) is 16.6. The third-order valence-electron chi connectivity index (χ3n) is 6.98. The number of halogens is 1. The van der Waals surface area contributed by atoms with Gasteiger partial charge in [0.15, 0.2) is 5.78 Å². The smallest absolute Gasteiger partial charge is 0.225 e. The van der Waals surface area contributed by atoms with Crippen molar-refractivity contribution in [3.8, 4) is 11.1 Å². The molecule has 0 spiro atoms. The lowest BCUT2D eigenvalue weighted by molar-refractivity contribution is 0.0903. The van der Waals surface area contributed by atoms with Gasteiger partial charge in [-0.05, 0) is 60.5 Å². The molecule has 2 atom stereocenters. The highest BCUT2D eigenvalue weighted by molar-refractivity contribution is 6.30. The van der Waals surface area contributed by atoms with Gasteiger partial charge in [-0.1, -0.05) is 48.0 Å². The second-order valence-electron chi connectivity index (χ2n) is 9.27. The predicted octanol–water partition coefficient (Wildman–Crippen LogP) is 4.33. The molecule has 7 heteroatoms. The molecule has 0 bridgehead atoms. The molecule has 34 heavy (non-hydrogen) atoms. The Morgan fingerprint density at radius 3 is 2.24 bits per heavy atom. The van der Waals surface area contributed by atoms with E-state index in [0.717, 1.165) is 37.5 Å². The van der Waals surface area contributed by atoms with Crippen molar-refractivity contribution in [1.82, 2.24) is 15.3 Å². The Kier molecular flexibility index (Phi) is 6.90. The third-order valence-corrected chi connectivity index (χ3v) is 7.23. The molecule has 0 amide bonds. The number of ketones is 1. The summed E-state index contributed by atoms with van der Waals surface area (Å²) in [6.07, 6.45) is 6.40. The average molecular weight is 477 g/mol. The molecule has 2 aromatic carbocycles. The summed E-state index contributed by atoms with van der Waals surface area (Å²) in [7, 11) is 0. The van der Waals surface area contributed by atoms with Crippen LogP contribution in [-0.4, -0.2) is 53.1 Å². The van der Waals surface area contributed by atoms with E-state index in [1.165, 1.54) is 35.5 Å². The second-order valence-corrected chi connectivity index (χ2v) is 9.71. The standard InChI is InChI=1S/C27H29ClN4O2/c28-23-7-5-20(6-8-23)19-1-3-21(4-2-19)24-13-25(24)29-14-18-9-11-32(12-10-18)27-30-15-22(16-31-27)26(34)17-33/h1-8,15-16,18,24-25,29,33H,9-14,17H2. The van der Waals surface area contributed by atoms with E-state index in [2.05, 4.69) is 56.6 Å². The summed E-state index contributed by atoms with van der Waals surface area (Å²) in [5, 5.41) is 13.5. The summed E-state index contributed by atoms with van der Waals surface area (Å²) in [4.78, 5) is 22.3. The van der Waals surface area contributed by atoms with Gasteiger partial charge in [-0.3, -0.25) is 4.79 Å². The topological polar surface area (TPSA) is 78.3 Å². The zero-order valence-electron chi connectivity index (χ0n) is 19.0. The minimum absolute atomic E-state index is 0.351. The monoisotopic (exact) mass is 476 g/mol. The van der Waals surface area contributed by atoms with Crippen LogP contribution >= 0.6 is 11.6 Å². The molecule has 1 aliphatic heterocycles. The van der Waals surface area contributed by atoms with E-state index in [0.29, 0.717) is 29.4 Å². The van der Waals surface area contributed by atoms with Crippen LogP contribution in [-0.2, 0) is 0 Å². The summed E-state index contributed by atoms with van der Waals surface area (Å²) in [5.41, 5.74) is 4.16. The van der Waals surface area contributed by atoms with Crippen LogP contribution in [0.4, 0.5) is 5.95 Å². The van der Waals surface area contributed by atoms with Gasteiger partial charge in [0.05, 0.1) is 5.56 Å². The quantitative estimate of drug-likeness (QED) is 0.471. The van der Waals surface area contributed by atoms with Crippen LogP contribution in [0.15, 0.2) is 60.9 Å². The van der Waals surface area contributed by atoms with Crippen LogP contribution in [0.1, 0.15) is 41.1 Å². The van der Waals surface area contributed by atoms with Gasteiger partial charge >= 0.3 is 0 Å². The number of rotatable bonds is 8. The van der Waals surface area contributed by atoms with E-state index < -0.39 is 6.61 Å². The molecule has 1 aromatic heterocycles. The summed E-state index contributed by atoms with van der Waals surface area (Å²) >= 11 is 6.00. The molecule has 2 N–H and O–H groups in total. The molecule has 5 rings (SSSR count). The first-order valence-corrected chi connectivity index (χ1v) is 12.3. The molecular formula is C27H29ClN4O2. The molecular weight excluding hydrogens is 448 g/mol. The lowest BCUT2D eigenvalue weighted by atomic mass is 9.97. The SMILES string of the molecule is O=C(CO)c1cnc(N2CCC(CNC3CC3c3ccc(-c4ccc(Cl)cc4)cc3)CC2)nc1. The maximum atomic E-state index is 11.5. The Bertz CT molecular complexity index is 1110. The van der Waals surface area contributed by atoms with E-state index in [1.807, 2.05) is 12.1 Å². The van der Waals surface area contributed by atoms with Crippen molar-refractivity contribution >= 4 is 23.3 Å². The number of hydrogen-bond donors (Lipinski definition) is 2. The molecule has 1 saturated carbocycles. The first kappa shape index (κ1) is 23.0. The van der Waals surface area contributed by atoms with Gasteiger partial charge in [-0.2, -0.15) is 0 Å². The number of aliphatic hydroxyl groups is 1. The van der Waals surface area contributed by atoms with E-state index in [4.69, 9.17) is 16.7 Å². The van der Waals surface area contributed by atoms with Gasteiger partial charge in [0.1, 0.15) is 6.61 Å². The Morgan fingerprint density at radius 1 is 1.00 bits per heavy atom. The molecule has 6 nitrogen and oxygen atoms in total. The second kappa shape index (κ2) is 10.2. The summed E-state index contributed by atoms with van der Waals surface area (Å²) in [6.45, 7) is 2.36. The molecule has 3 aromatic rings. The lowest BCUT2D eigenvalue weighted by Crippen LogP contribution is -2.38. The fraction of sp³-hybridized carbons (Fsp3) is 0.370. The highest BCUT2D eigenvalue weighted by Gasteiger charge is 2.38. The van der Waals surface area contributed by atoms with Gasteiger partial charge in [0.25, 0.3) is 0 Å². The van der Waals surface area contributed by atoms with Crippen molar-refractivity contribution < 1.29 is 9.90 Å².